The first-order valence-electron chi connectivity index (χ1n) is 6.21. The van der Waals surface area contributed by atoms with Crippen LogP contribution in [0.2, 0.25) is 0 Å². The zero-order valence-electron chi connectivity index (χ0n) is 9.95. The number of nitrogens with zero attached hydrogens (tertiary/aromatic N) is 1. The number of primary amides is 1. The minimum absolute atomic E-state index is 0.287. The van der Waals surface area contributed by atoms with E-state index < -0.39 is 6.03 Å². The van der Waals surface area contributed by atoms with Gasteiger partial charge in [0.25, 0.3) is 0 Å². The molecule has 17 heavy (non-hydrogen) atoms. The molecule has 6 heteroatoms. The maximum Gasteiger partial charge on any atom is 0.318 e. The van der Waals surface area contributed by atoms with Crippen molar-refractivity contribution in [3.63, 3.8) is 0 Å². The van der Waals surface area contributed by atoms with Crippen molar-refractivity contribution < 1.29 is 9.59 Å². The topological polar surface area (TPSA) is 87.5 Å². The molecule has 2 saturated heterocycles. The first-order valence-corrected chi connectivity index (χ1v) is 6.21. The molecule has 0 bridgehead atoms. The summed E-state index contributed by atoms with van der Waals surface area (Å²) in [5.74, 6) is 0.438. The number of rotatable bonds is 3. The lowest BCUT2D eigenvalue weighted by atomic mass is 9.92. The number of likely N-dealkylation sites (tertiary alicyclic amines) is 1. The highest BCUT2D eigenvalue weighted by atomic mass is 16.2. The minimum atomic E-state index is -0.769. The maximum absolute atomic E-state index is 11.3. The normalized spacial score (nSPS) is 28.7. The fraction of sp³-hybridized carbons (Fsp3) is 0.818. The first-order chi connectivity index (χ1) is 8.16. The molecule has 6 nitrogen and oxygen atoms in total. The molecule has 2 unspecified atom stereocenters. The van der Waals surface area contributed by atoms with Gasteiger partial charge in [0.1, 0.15) is 0 Å². The number of piperidine rings is 1. The fourth-order valence-electron chi connectivity index (χ4n) is 2.89. The van der Waals surface area contributed by atoms with Gasteiger partial charge in [-0.3, -0.25) is 15.0 Å². The van der Waals surface area contributed by atoms with Gasteiger partial charge in [-0.2, -0.15) is 0 Å². The number of carbonyl (C=O) groups is 2. The molecule has 0 aromatic carbocycles. The number of fused-ring (bicyclic) bond motifs is 1. The average molecular weight is 240 g/mol. The number of nitrogens with two attached hydrogens (primary N) is 1. The van der Waals surface area contributed by atoms with E-state index in [1.165, 1.54) is 12.8 Å². The van der Waals surface area contributed by atoms with Crippen molar-refractivity contribution in [3.05, 3.63) is 0 Å². The summed E-state index contributed by atoms with van der Waals surface area (Å²) in [6, 6.07) is -0.209. The Labute approximate surface area is 101 Å². The molecule has 2 heterocycles. The molecular formula is C11H20N4O2. The van der Waals surface area contributed by atoms with E-state index in [9.17, 15) is 9.59 Å². The molecule has 3 amide bonds. The number of amides is 3. The first kappa shape index (κ1) is 12.3. The van der Waals surface area contributed by atoms with Crippen molar-refractivity contribution in [3.8, 4) is 0 Å². The molecule has 4 N–H and O–H groups in total. The molecule has 0 radical (unpaired) electrons. The van der Waals surface area contributed by atoms with Crippen LogP contribution in [0.15, 0.2) is 0 Å². The van der Waals surface area contributed by atoms with Gasteiger partial charge in [-0.25, -0.2) is 4.79 Å². The molecule has 2 atom stereocenters. The van der Waals surface area contributed by atoms with E-state index in [0.717, 1.165) is 25.6 Å². The summed E-state index contributed by atoms with van der Waals surface area (Å²) in [6.07, 6.45) is 2.81. The molecule has 2 fully saturated rings. The van der Waals surface area contributed by atoms with Crippen molar-refractivity contribution in [1.29, 1.82) is 0 Å². The van der Waals surface area contributed by atoms with E-state index in [0.29, 0.717) is 19.0 Å². The second-order valence-corrected chi connectivity index (χ2v) is 4.83. The van der Waals surface area contributed by atoms with Crippen LogP contribution < -0.4 is 16.4 Å². The van der Waals surface area contributed by atoms with Crippen LogP contribution in [0, 0.1) is 5.92 Å². The van der Waals surface area contributed by atoms with Gasteiger partial charge in [0.2, 0.25) is 5.91 Å². The van der Waals surface area contributed by atoms with Gasteiger partial charge in [-0.05, 0) is 31.8 Å². The third-order valence-corrected chi connectivity index (χ3v) is 3.68. The molecule has 2 rings (SSSR count). The van der Waals surface area contributed by atoms with Gasteiger partial charge in [0.05, 0.1) is 0 Å². The van der Waals surface area contributed by atoms with Crippen LogP contribution in [0.4, 0.5) is 4.79 Å². The summed E-state index contributed by atoms with van der Waals surface area (Å²) in [5.41, 5.74) is 4.89. The van der Waals surface area contributed by atoms with E-state index in [2.05, 4.69) is 15.5 Å². The highest BCUT2D eigenvalue weighted by Crippen LogP contribution is 2.26. The Morgan fingerprint density at radius 1 is 1.41 bits per heavy atom. The van der Waals surface area contributed by atoms with Gasteiger partial charge in [-0.15, -0.1) is 0 Å². The number of nitrogens with one attached hydrogen (secondary N) is 2. The SMILES string of the molecule is NC(=O)NC(=O)CCN1CCCC2CNCC21. The second-order valence-electron chi connectivity index (χ2n) is 4.83. The van der Waals surface area contributed by atoms with Gasteiger partial charge in [0.15, 0.2) is 0 Å². The van der Waals surface area contributed by atoms with Crippen LogP contribution in [0.5, 0.6) is 0 Å². The molecule has 0 saturated carbocycles. The van der Waals surface area contributed by atoms with E-state index in [1.54, 1.807) is 0 Å². The predicted molar refractivity (Wildman–Crippen MR) is 63.3 cm³/mol. The maximum atomic E-state index is 11.3. The minimum Gasteiger partial charge on any atom is -0.351 e. The Morgan fingerprint density at radius 3 is 3.00 bits per heavy atom. The fourth-order valence-corrected chi connectivity index (χ4v) is 2.89. The van der Waals surface area contributed by atoms with E-state index in [4.69, 9.17) is 5.73 Å². The summed E-state index contributed by atoms with van der Waals surface area (Å²) in [5, 5.41) is 5.50. The van der Waals surface area contributed by atoms with E-state index in [-0.39, 0.29) is 5.91 Å². The molecule has 2 aliphatic rings. The van der Waals surface area contributed by atoms with Crippen molar-refractivity contribution >= 4 is 11.9 Å². The number of hydrogen-bond donors (Lipinski definition) is 3. The molecule has 2 aliphatic heterocycles. The quantitative estimate of drug-likeness (QED) is 0.606. The van der Waals surface area contributed by atoms with Crippen molar-refractivity contribution in [2.75, 3.05) is 26.2 Å². The van der Waals surface area contributed by atoms with E-state index in [1.807, 2.05) is 0 Å². The number of imide groups is 1. The van der Waals surface area contributed by atoms with Gasteiger partial charge in [0, 0.05) is 25.6 Å². The zero-order chi connectivity index (χ0) is 12.3. The van der Waals surface area contributed by atoms with E-state index >= 15 is 0 Å². The molecule has 0 aliphatic carbocycles. The van der Waals surface area contributed by atoms with Crippen LogP contribution in [-0.2, 0) is 4.79 Å². The Balaban J connectivity index is 1.78. The highest BCUT2D eigenvalue weighted by molar-refractivity contribution is 5.93. The summed E-state index contributed by atoms with van der Waals surface area (Å²) in [4.78, 5) is 24.2. The Morgan fingerprint density at radius 2 is 2.24 bits per heavy atom. The summed E-state index contributed by atoms with van der Waals surface area (Å²) < 4.78 is 0. The van der Waals surface area contributed by atoms with Gasteiger partial charge in [-0.1, -0.05) is 0 Å². The zero-order valence-corrected chi connectivity index (χ0v) is 9.95. The monoisotopic (exact) mass is 240 g/mol. The summed E-state index contributed by atoms with van der Waals surface area (Å²) >= 11 is 0. The molecule has 0 spiro atoms. The Hall–Kier alpha value is -1.14. The second kappa shape index (κ2) is 5.46. The molecule has 0 aromatic rings. The third-order valence-electron chi connectivity index (χ3n) is 3.68. The smallest absolute Gasteiger partial charge is 0.318 e. The number of urea groups is 1. The third kappa shape index (κ3) is 3.17. The summed E-state index contributed by atoms with van der Waals surface area (Å²) in [6.45, 7) is 3.87. The van der Waals surface area contributed by atoms with Crippen molar-refractivity contribution in [2.24, 2.45) is 11.7 Å². The molecule has 96 valence electrons. The Bertz CT molecular complexity index is 308. The standard InChI is InChI=1S/C11H20N4O2/c12-11(17)14-10(16)3-5-15-4-1-2-8-6-13-7-9(8)15/h8-9,13H,1-7H2,(H3,12,14,16,17). The molecule has 0 aromatic heterocycles. The van der Waals surface area contributed by atoms with Gasteiger partial charge < -0.3 is 11.1 Å². The van der Waals surface area contributed by atoms with Gasteiger partial charge >= 0.3 is 6.03 Å². The van der Waals surface area contributed by atoms with Crippen LogP contribution in [0.1, 0.15) is 19.3 Å². The lowest BCUT2D eigenvalue weighted by Gasteiger charge is -2.36. The largest absolute Gasteiger partial charge is 0.351 e. The number of hydrogen-bond acceptors (Lipinski definition) is 4. The average Bonchev–Trinajstić information content (AvgIpc) is 2.73. The Kier molecular flexibility index (Phi) is 3.96. The predicted octanol–water partition coefficient (Wildman–Crippen LogP) is -0.745. The number of carbonyl (C=O) groups excluding carboxylic acids is 2. The van der Waals surface area contributed by atoms with Crippen LogP contribution in [-0.4, -0.2) is 49.1 Å². The van der Waals surface area contributed by atoms with Crippen molar-refractivity contribution in [2.45, 2.75) is 25.3 Å². The lowest BCUT2D eigenvalue weighted by molar-refractivity contribution is -0.120. The highest BCUT2D eigenvalue weighted by Gasteiger charge is 2.34. The van der Waals surface area contributed by atoms with Crippen LogP contribution in [0.3, 0.4) is 0 Å². The lowest BCUT2D eigenvalue weighted by Crippen LogP contribution is -2.46. The molecular weight excluding hydrogens is 220 g/mol. The summed E-state index contributed by atoms with van der Waals surface area (Å²) in [7, 11) is 0. The van der Waals surface area contributed by atoms with Crippen LogP contribution >= 0.6 is 0 Å². The van der Waals surface area contributed by atoms with Crippen molar-refractivity contribution in [1.82, 2.24) is 15.5 Å². The van der Waals surface area contributed by atoms with Crippen LogP contribution in [0.25, 0.3) is 0 Å².